The van der Waals surface area contributed by atoms with E-state index >= 15 is 0 Å². The Morgan fingerprint density at radius 3 is 1.00 bits per heavy atom. The fourth-order valence-corrected chi connectivity index (χ4v) is 0. The monoisotopic (exact) mass is 417 g/mol. The van der Waals surface area contributed by atoms with Gasteiger partial charge in [-0.15, -0.1) is 0 Å². The second-order valence-corrected chi connectivity index (χ2v) is 0. The molecule has 0 bridgehead atoms. The third-order valence-electron chi connectivity index (χ3n) is 0. The molecule has 0 fully saturated rings. The normalized spacial score (nSPS) is 0. The van der Waals surface area contributed by atoms with Gasteiger partial charge in [-0.3, -0.25) is 0 Å². The van der Waals surface area contributed by atoms with Crippen LogP contribution in [0, 0.1) is 0 Å². The van der Waals surface area contributed by atoms with Crippen LogP contribution in [0.5, 0.6) is 0 Å². The molecule has 0 atom stereocenters. The van der Waals surface area contributed by atoms with Crippen LogP contribution in [0.2, 0.25) is 0 Å². The fourth-order valence-electron chi connectivity index (χ4n) is 0. The third-order valence-corrected chi connectivity index (χ3v) is 0. The zero-order valence-electron chi connectivity index (χ0n) is 1.42. The molecule has 0 aliphatic rings. The van der Waals surface area contributed by atoms with Gasteiger partial charge in [-0.05, 0) is 11.0 Å². The fraction of sp³-hybridized carbons (Fsp3) is 0. The van der Waals surface area contributed by atoms with Crippen LogP contribution in [0.3, 0.4) is 0 Å². The van der Waals surface area contributed by atoms with E-state index in [2.05, 4.69) is 0 Å². The summed E-state index contributed by atoms with van der Waals surface area (Å²) in [6.45, 7) is 0. The zero-order valence-corrected chi connectivity index (χ0v) is 7.83. The molecule has 6 heteroatoms. The van der Waals surface area contributed by atoms with Crippen molar-refractivity contribution in [2.75, 3.05) is 0 Å². The first kappa shape index (κ1) is 51.5. The summed E-state index contributed by atoms with van der Waals surface area (Å²) in [5, 5.41) is 0. The predicted octanol–water partition coefficient (Wildman–Crippen LogP) is -3.56. The summed E-state index contributed by atoms with van der Waals surface area (Å²) in [6, 6.07) is 0. The van der Waals surface area contributed by atoms with Gasteiger partial charge >= 0.3 is 37.7 Å². The Morgan fingerprint density at radius 2 is 1.00 bits per heavy atom. The van der Waals surface area contributed by atoms with Crippen LogP contribution < -0.4 is 0 Å². The zero-order chi connectivity index (χ0) is 0. The van der Waals surface area contributed by atoms with E-state index in [1.807, 2.05) is 0 Å². The standard InChI is InChI=1S/Al.Au.Ca.Cr.H4Si.Zn.5H/h;;;;1H4;;;;;;. The Morgan fingerprint density at radius 1 is 1.00 bits per heavy atom. The maximum Gasteiger partial charge on any atom is 0 e. The van der Waals surface area contributed by atoms with E-state index in [4.69, 9.17) is 0 Å². The van der Waals surface area contributed by atoms with Crippen molar-refractivity contribution >= 4 is 66.1 Å². The maximum absolute atomic E-state index is 0. The second-order valence-electron chi connectivity index (χ2n) is 0. The van der Waals surface area contributed by atoms with Gasteiger partial charge in [0.15, 0.2) is 17.4 Å². The molecule has 0 N–H and O–H groups in total. The minimum atomic E-state index is 0. The molecule has 0 nitrogen and oxygen atoms in total. The van der Waals surface area contributed by atoms with Crippen molar-refractivity contribution in [1.82, 2.24) is 0 Å². The minimum Gasteiger partial charge on any atom is -0.0149 e. The number of hydrogen-bond donors (Lipinski definition) is 0. The van der Waals surface area contributed by atoms with E-state index in [1.165, 1.54) is 0 Å². The molecular formula is H9AlAuCaCrSiZn. The maximum atomic E-state index is 0. The van der Waals surface area contributed by atoms with Crippen molar-refractivity contribution in [2.24, 2.45) is 0 Å². The van der Waals surface area contributed by atoms with E-state index in [-0.39, 0.29) is 125 Å². The molecule has 1 radical (unpaired) electrons. The quantitative estimate of drug-likeness (QED) is 0.358. The van der Waals surface area contributed by atoms with Gasteiger partial charge in [0.2, 0.25) is 0 Å². The first-order valence-corrected chi connectivity index (χ1v) is 0. The summed E-state index contributed by atoms with van der Waals surface area (Å²) in [5.41, 5.74) is 0. The Labute approximate surface area is 123 Å². The largest absolute Gasteiger partial charge is 0.0149 e. The van der Waals surface area contributed by atoms with Gasteiger partial charge in [0, 0.05) is 59.2 Å². The third kappa shape index (κ3) is 24.7. The molecule has 0 unspecified atom stereocenters. The van der Waals surface area contributed by atoms with Crippen molar-refractivity contribution in [1.29, 1.82) is 0 Å². The van der Waals surface area contributed by atoms with Crippen LogP contribution >= 0.6 is 0 Å². The van der Waals surface area contributed by atoms with E-state index in [1.54, 1.807) is 0 Å². The van der Waals surface area contributed by atoms with Gasteiger partial charge in [0.1, 0.15) is 0 Å². The van der Waals surface area contributed by atoms with Crippen molar-refractivity contribution in [3.05, 3.63) is 0 Å². The van der Waals surface area contributed by atoms with Gasteiger partial charge < -0.3 is 0 Å². The average molecular weight is 419 g/mol. The molecule has 0 aliphatic heterocycles. The molecular weight excluding hydrogens is 409 g/mol. The Bertz CT molecular complexity index is 15.5. The molecule has 0 saturated heterocycles. The molecule has 0 heterocycles. The molecule has 6 heavy (non-hydrogen) atoms. The minimum absolute atomic E-state index is 0. The topological polar surface area (TPSA) is 0 Å². The van der Waals surface area contributed by atoms with Gasteiger partial charge in [-0.1, -0.05) is 0 Å². The summed E-state index contributed by atoms with van der Waals surface area (Å²) in [4.78, 5) is 0. The van der Waals surface area contributed by atoms with E-state index in [0.29, 0.717) is 0 Å². The van der Waals surface area contributed by atoms with E-state index < -0.39 is 0 Å². The van der Waals surface area contributed by atoms with Gasteiger partial charge in [-0.25, -0.2) is 0 Å². The van der Waals surface area contributed by atoms with Crippen molar-refractivity contribution < 1.29 is 59.2 Å². The van der Waals surface area contributed by atoms with Crippen LogP contribution in [-0.2, 0) is 59.2 Å². The Hall–Kier alpha value is 3.91. The molecule has 0 aliphatic carbocycles. The molecule has 0 aromatic rings. The van der Waals surface area contributed by atoms with Crippen LogP contribution in [0.4, 0.5) is 0 Å². The molecule has 37 valence electrons. The molecule has 0 aromatic heterocycles. The molecule has 0 saturated carbocycles. The summed E-state index contributed by atoms with van der Waals surface area (Å²) < 4.78 is 0. The predicted molar refractivity (Wildman–Crippen MR) is 29.8 cm³/mol. The smallest absolute Gasteiger partial charge is 0 e. The summed E-state index contributed by atoms with van der Waals surface area (Å²) in [5.74, 6) is 0. The summed E-state index contributed by atoms with van der Waals surface area (Å²) in [7, 11) is 0. The van der Waals surface area contributed by atoms with Crippen molar-refractivity contribution in [3.8, 4) is 0 Å². The summed E-state index contributed by atoms with van der Waals surface area (Å²) in [6.07, 6.45) is 0. The first-order chi connectivity index (χ1) is 0. The number of rotatable bonds is 0. The summed E-state index contributed by atoms with van der Waals surface area (Å²) >= 11 is 0. The first-order valence-electron chi connectivity index (χ1n) is 0. The van der Waals surface area contributed by atoms with Gasteiger partial charge in [0.25, 0.3) is 0 Å². The molecule has 0 rings (SSSR count). The van der Waals surface area contributed by atoms with Crippen LogP contribution in [0.25, 0.3) is 0 Å². The van der Waals surface area contributed by atoms with Crippen LogP contribution in [0.15, 0.2) is 0 Å². The number of hydrogen-bond acceptors (Lipinski definition) is 0. The molecule has 0 spiro atoms. The van der Waals surface area contributed by atoms with Gasteiger partial charge in [-0.2, -0.15) is 0 Å². The Balaban J connectivity index is 0. The van der Waals surface area contributed by atoms with E-state index in [9.17, 15) is 0 Å². The van der Waals surface area contributed by atoms with E-state index in [0.717, 1.165) is 0 Å². The average Bonchev–Trinajstić information content (AvgIpc) is 0. The van der Waals surface area contributed by atoms with Crippen LogP contribution in [-0.4, -0.2) is 66.1 Å². The van der Waals surface area contributed by atoms with Gasteiger partial charge in [0.05, 0.1) is 0 Å². The van der Waals surface area contributed by atoms with Crippen molar-refractivity contribution in [3.63, 3.8) is 0 Å². The SMILES string of the molecule is [AlH3].[Au].[CaH2].[Cr].[SiH4].[Zn]. The van der Waals surface area contributed by atoms with Crippen LogP contribution in [0.1, 0.15) is 0 Å². The van der Waals surface area contributed by atoms with Crippen molar-refractivity contribution in [2.45, 2.75) is 0 Å². The second kappa shape index (κ2) is 36.5. The Kier molecular flexibility index (Phi) is 313. The molecule has 0 aromatic carbocycles. The molecule has 0 amide bonds.